The molecule has 0 spiro atoms. The fourth-order valence-electron chi connectivity index (χ4n) is 1.22. The first-order valence-corrected chi connectivity index (χ1v) is 5.53. The Balaban J connectivity index is 3.21. The molecule has 0 bridgehead atoms. The van der Waals surface area contributed by atoms with Gasteiger partial charge >= 0.3 is 0 Å². The Labute approximate surface area is 101 Å². The SMILES string of the molecule is N=C(N)NCCCCCCNC(=N)NC(=N)N. The summed E-state index contributed by atoms with van der Waals surface area (Å²) >= 11 is 0. The maximum atomic E-state index is 7.32. The molecule has 0 amide bonds. The molecule has 8 heteroatoms. The molecule has 0 radical (unpaired) electrons. The Morgan fingerprint density at radius 2 is 1.29 bits per heavy atom. The van der Waals surface area contributed by atoms with Gasteiger partial charge < -0.3 is 22.1 Å². The average Bonchev–Trinajstić information content (AvgIpc) is 2.20. The third kappa shape index (κ3) is 11.9. The largest absolute Gasteiger partial charge is 0.370 e. The lowest BCUT2D eigenvalue weighted by atomic mass is 10.2. The lowest BCUT2D eigenvalue weighted by Crippen LogP contribution is -2.43. The van der Waals surface area contributed by atoms with E-state index in [0.717, 1.165) is 32.2 Å². The van der Waals surface area contributed by atoms with Crippen molar-refractivity contribution in [2.75, 3.05) is 13.1 Å². The quantitative estimate of drug-likeness (QED) is 0.164. The minimum atomic E-state index is -0.238. The van der Waals surface area contributed by atoms with Gasteiger partial charge in [0.15, 0.2) is 17.9 Å². The molecular formula is C9H22N8. The number of unbranched alkanes of at least 4 members (excludes halogenated alkanes) is 3. The van der Waals surface area contributed by atoms with Gasteiger partial charge in [0.2, 0.25) is 0 Å². The van der Waals surface area contributed by atoms with Crippen LogP contribution >= 0.6 is 0 Å². The van der Waals surface area contributed by atoms with Gasteiger partial charge in [-0.25, -0.2) is 0 Å². The first-order chi connectivity index (χ1) is 8.02. The van der Waals surface area contributed by atoms with Crippen molar-refractivity contribution in [1.82, 2.24) is 16.0 Å². The number of nitrogens with one attached hydrogen (secondary N) is 6. The van der Waals surface area contributed by atoms with Crippen LogP contribution in [-0.4, -0.2) is 31.0 Å². The number of hydrogen-bond acceptors (Lipinski definition) is 3. The summed E-state index contributed by atoms with van der Waals surface area (Å²) in [4.78, 5) is 0. The van der Waals surface area contributed by atoms with E-state index >= 15 is 0 Å². The molecule has 0 rings (SSSR count). The van der Waals surface area contributed by atoms with Crippen molar-refractivity contribution < 1.29 is 0 Å². The van der Waals surface area contributed by atoms with Crippen LogP contribution in [0.25, 0.3) is 0 Å². The highest BCUT2D eigenvalue weighted by atomic mass is 15.2. The molecular weight excluding hydrogens is 220 g/mol. The topological polar surface area (TPSA) is 160 Å². The van der Waals surface area contributed by atoms with Gasteiger partial charge in [-0.15, -0.1) is 0 Å². The van der Waals surface area contributed by atoms with Crippen molar-refractivity contribution >= 4 is 17.9 Å². The molecule has 0 atom stereocenters. The normalized spacial score (nSPS) is 9.41. The monoisotopic (exact) mass is 242 g/mol. The lowest BCUT2D eigenvalue weighted by Gasteiger charge is -2.08. The highest BCUT2D eigenvalue weighted by molar-refractivity contribution is 5.94. The second-order valence-corrected chi connectivity index (χ2v) is 3.60. The van der Waals surface area contributed by atoms with E-state index in [-0.39, 0.29) is 17.9 Å². The van der Waals surface area contributed by atoms with Crippen LogP contribution in [0.15, 0.2) is 0 Å². The van der Waals surface area contributed by atoms with E-state index in [0.29, 0.717) is 6.54 Å². The summed E-state index contributed by atoms with van der Waals surface area (Å²) < 4.78 is 0. The standard InChI is InChI=1S/C9H22N8/c10-7(11)15-5-3-1-2-4-6-16-9(14)17-8(12)13/h1-6H2,(H4,10,11,15)(H6,12,13,14,16,17). The highest BCUT2D eigenvalue weighted by Gasteiger charge is 1.95. The number of guanidine groups is 3. The van der Waals surface area contributed by atoms with Gasteiger partial charge in [0.05, 0.1) is 0 Å². The zero-order valence-electron chi connectivity index (χ0n) is 9.90. The van der Waals surface area contributed by atoms with Crippen LogP contribution in [0, 0.1) is 16.2 Å². The van der Waals surface area contributed by atoms with Crippen molar-refractivity contribution in [2.45, 2.75) is 25.7 Å². The minimum Gasteiger partial charge on any atom is -0.370 e. The molecule has 10 N–H and O–H groups in total. The summed E-state index contributed by atoms with van der Waals surface area (Å²) in [6.45, 7) is 1.41. The highest BCUT2D eigenvalue weighted by Crippen LogP contribution is 1.97. The smallest absolute Gasteiger partial charge is 0.195 e. The minimum absolute atomic E-state index is 0.00965. The van der Waals surface area contributed by atoms with E-state index in [2.05, 4.69) is 16.0 Å². The van der Waals surface area contributed by atoms with Crippen LogP contribution in [0.5, 0.6) is 0 Å². The molecule has 0 saturated heterocycles. The maximum absolute atomic E-state index is 7.32. The zero-order valence-corrected chi connectivity index (χ0v) is 9.90. The molecule has 0 aromatic heterocycles. The average molecular weight is 242 g/mol. The van der Waals surface area contributed by atoms with Crippen LogP contribution in [0.4, 0.5) is 0 Å². The van der Waals surface area contributed by atoms with Crippen molar-refractivity contribution in [3.05, 3.63) is 0 Å². The van der Waals surface area contributed by atoms with E-state index in [1.165, 1.54) is 0 Å². The van der Waals surface area contributed by atoms with Crippen molar-refractivity contribution in [3.63, 3.8) is 0 Å². The van der Waals surface area contributed by atoms with Gasteiger partial charge in [-0.05, 0) is 12.8 Å². The van der Waals surface area contributed by atoms with Gasteiger partial charge in [-0.2, -0.15) is 0 Å². The Morgan fingerprint density at radius 1 is 0.765 bits per heavy atom. The predicted molar refractivity (Wildman–Crippen MR) is 69.2 cm³/mol. The Kier molecular flexibility index (Phi) is 8.17. The van der Waals surface area contributed by atoms with E-state index in [1.54, 1.807) is 0 Å². The molecule has 0 aromatic carbocycles. The molecule has 8 nitrogen and oxygen atoms in total. The second kappa shape index (κ2) is 9.25. The Hall–Kier alpha value is -1.99. The summed E-state index contributed by atoms with van der Waals surface area (Å²) in [5.74, 6) is -0.177. The molecule has 17 heavy (non-hydrogen) atoms. The third-order valence-electron chi connectivity index (χ3n) is 1.98. The second-order valence-electron chi connectivity index (χ2n) is 3.60. The van der Waals surface area contributed by atoms with Crippen LogP contribution in [0.1, 0.15) is 25.7 Å². The summed E-state index contributed by atoms with van der Waals surface area (Å²) in [5, 5.41) is 29.1. The van der Waals surface area contributed by atoms with Crippen molar-refractivity contribution in [1.29, 1.82) is 16.2 Å². The molecule has 0 unspecified atom stereocenters. The predicted octanol–water partition coefficient (Wildman–Crippen LogP) is -0.963. The number of nitrogens with two attached hydrogens (primary N) is 2. The summed E-state index contributed by atoms with van der Waals surface area (Å²) in [6.07, 6.45) is 4.01. The molecule has 0 aliphatic carbocycles. The van der Waals surface area contributed by atoms with Crippen molar-refractivity contribution in [3.8, 4) is 0 Å². The van der Waals surface area contributed by atoms with Gasteiger partial charge in [-0.1, -0.05) is 12.8 Å². The van der Waals surface area contributed by atoms with E-state index in [9.17, 15) is 0 Å². The van der Waals surface area contributed by atoms with Crippen LogP contribution in [-0.2, 0) is 0 Å². The summed E-state index contributed by atoms with van der Waals surface area (Å²) in [7, 11) is 0. The number of hydrogen-bond donors (Lipinski definition) is 8. The maximum Gasteiger partial charge on any atom is 0.195 e. The molecule has 0 aliphatic rings. The third-order valence-corrected chi connectivity index (χ3v) is 1.98. The fraction of sp³-hybridized carbons (Fsp3) is 0.667. The van der Waals surface area contributed by atoms with E-state index in [4.69, 9.17) is 27.7 Å². The zero-order chi connectivity index (χ0) is 13.1. The van der Waals surface area contributed by atoms with Gasteiger partial charge in [0.25, 0.3) is 0 Å². The van der Waals surface area contributed by atoms with Crippen LogP contribution in [0.3, 0.4) is 0 Å². The van der Waals surface area contributed by atoms with E-state index < -0.39 is 0 Å². The Bertz CT molecular complexity index is 262. The molecule has 0 saturated carbocycles. The van der Waals surface area contributed by atoms with Crippen LogP contribution in [0.2, 0.25) is 0 Å². The summed E-state index contributed by atoms with van der Waals surface area (Å²) in [6, 6.07) is 0. The first-order valence-electron chi connectivity index (χ1n) is 5.53. The van der Waals surface area contributed by atoms with E-state index in [1.807, 2.05) is 0 Å². The van der Waals surface area contributed by atoms with Gasteiger partial charge in [0.1, 0.15) is 0 Å². The first kappa shape index (κ1) is 15.0. The Morgan fingerprint density at radius 3 is 1.76 bits per heavy atom. The molecule has 0 fully saturated rings. The number of rotatable bonds is 7. The van der Waals surface area contributed by atoms with Gasteiger partial charge in [-0.3, -0.25) is 21.5 Å². The fourth-order valence-corrected chi connectivity index (χ4v) is 1.22. The summed E-state index contributed by atoms with van der Waals surface area (Å²) in [5.41, 5.74) is 10.2. The van der Waals surface area contributed by atoms with Crippen LogP contribution < -0.4 is 27.4 Å². The molecule has 0 aromatic rings. The lowest BCUT2D eigenvalue weighted by molar-refractivity contribution is 0.620. The molecule has 98 valence electrons. The van der Waals surface area contributed by atoms with Gasteiger partial charge in [0, 0.05) is 13.1 Å². The molecule has 0 aliphatic heterocycles. The molecule has 0 heterocycles. The van der Waals surface area contributed by atoms with Crippen molar-refractivity contribution in [2.24, 2.45) is 11.5 Å².